The SMILES string of the molecule is CC(C)[C@H](C)NS(=O)(=O)c1ccc(C(C)(C)C)s1. The Morgan fingerprint density at radius 1 is 1.17 bits per heavy atom. The van der Waals surface area contributed by atoms with Gasteiger partial charge in [0.1, 0.15) is 4.21 Å². The van der Waals surface area contributed by atoms with Gasteiger partial charge in [-0.2, -0.15) is 0 Å². The Balaban J connectivity index is 2.97. The van der Waals surface area contributed by atoms with Crippen molar-refractivity contribution >= 4 is 21.4 Å². The maximum Gasteiger partial charge on any atom is 0.250 e. The van der Waals surface area contributed by atoms with Crippen LogP contribution in [0.5, 0.6) is 0 Å². The second kappa shape index (κ2) is 5.31. The molecule has 0 unspecified atom stereocenters. The van der Waals surface area contributed by atoms with Crippen LogP contribution in [0.3, 0.4) is 0 Å². The second-order valence-electron chi connectivity index (χ2n) is 6.02. The van der Waals surface area contributed by atoms with Gasteiger partial charge < -0.3 is 0 Å². The van der Waals surface area contributed by atoms with Crippen molar-refractivity contribution in [3.63, 3.8) is 0 Å². The molecule has 1 atom stereocenters. The number of sulfonamides is 1. The second-order valence-corrected chi connectivity index (χ2v) is 9.05. The van der Waals surface area contributed by atoms with E-state index in [2.05, 4.69) is 25.5 Å². The van der Waals surface area contributed by atoms with E-state index in [1.165, 1.54) is 11.3 Å². The van der Waals surface area contributed by atoms with Crippen LogP contribution in [0.4, 0.5) is 0 Å². The zero-order valence-electron chi connectivity index (χ0n) is 11.9. The lowest BCUT2D eigenvalue weighted by molar-refractivity contribution is 0.477. The predicted molar refractivity (Wildman–Crippen MR) is 77.6 cm³/mol. The molecule has 1 heterocycles. The van der Waals surface area contributed by atoms with Gasteiger partial charge in [-0.3, -0.25) is 0 Å². The van der Waals surface area contributed by atoms with Crippen LogP contribution < -0.4 is 4.72 Å². The zero-order chi connectivity index (χ0) is 14.1. The predicted octanol–water partition coefficient (Wildman–Crippen LogP) is 3.37. The monoisotopic (exact) mass is 289 g/mol. The fourth-order valence-electron chi connectivity index (χ4n) is 1.31. The molecule has 3 nitrogen and oxygen atoms in total. The molecule has 104 valence electrons. The Bertz CT molecular complexity index is 495. The summed E-state index contributed by atoms with van der Waals surface area (Å²) in [6, 6.07) is 3.54. The molecule has 0 saturated heterocycles. The standard InChI is InChI=1S/C13H23NO2S2/c1-9(2)10(3)14-18(15,16)12-8-7-11(17-12)13(4,5)6/h7-10,14H,1-6H3/t10-/m0/s1. The molecule has 0 aliphatic rings. The van der Waals surface area contributed by atoms with E-state index in [0.717, 1.165) is 4.88 Å². The van der Waals surface area contributed by atoms with Crippen molar-refractivity contribution in [2.45, 2.75) is 57.2 Å². The van der Waals surface area contributed by atoms with Gasteiger partial charge in [-0.05, 0) is 30.4 Å². The molecule has 1 rings (SSSR count). The molecule has 0 spiro atoms. The van der Waals surface area contributed by atoms with Gasteiger partial charge in [0.2, 0.25) is 10.0 Å². The van der Waals surface area contributed by atoms with E-state index in [9.17, 15) is 8.42 Å². The summed E-state index contributed by atoms with van der Waals surface area (Å²) in [4.78, 5) is 1.08. The van der Waals surface area contributed by atoms with E-state index < -0.39 is 10.0 Å². The molecule has 1 aromatic rings. The Morgan fingerprint density at radius 2 is 1.72 bits per heavy atom. The average Bonchev–Trinajstić information content (AvgIpc) is 2.64. The maximum absolute atomic E-state index is 12.2. The first-order chi connectivity index (χ1) is 8.04. The first-order valence-electron chi connectivity index (χ1n) is 6.16. The number of rotatable bonds is 4. The molecule has 18 heavy (non-hydrogen) atoms. The molecular weight excluding hydrogens is 266 g/mol. The molecule has 1 aromatic heterocycles. The minimum atomic E-state index is -3.38. The highest BCUT2D eigenvalue weighted by molar-refractivity contribution is 7.91. The third-order valence-electron chi connectivity index (χ3n) is 2.93. The van der Waals surface area contributed by atoms with Gasteiger partial charge in [0.05, 0.1) is 0 Å². The summed E-state index contributed by atoms with van der Waals surface area (Å²) in [7, 11) is -3.38. The summed E-state index contributed by atoms with van der Waals surface area (Å²) >= 11 is 1.35. The van der Waals surface area contributed by atoms with Gasteiger partial charge in [0.15, 0.2) is 0 Å². The Labute approximate surface area is 115 Å². The molecule has 0 bridgehead atoms. The average molecular weight is 289 g/mol. The molecule has 0 aliphatic heterocycles. The van der Waals surface area contributed by atoms with Gasteiger partial charge in [0, 0.05) is 10.9 Å². The number of hydrogen-bond acceptors (Lipinski definition) is 3. The fourth-order valence-corrected chi connectivity index (χ4v) is 4.08. The molecule has 1 N–H and O–H groups in total. The van der Waals surface area contributed by atoms with Crippen LogP contribution in [-0.2, 0) is 15.4 Å². The molecule has 0 fully saturated rings. The highest BCUT2D eigenvalue weighted by atomic mass is 32.2. The van der Waals surface area contributed by atoms with Gasteiger partial charge in [-0.25, -0.2) is 13.1 Å². The van der Waals surface area contributed by atoms with E-state index in [-0.39, 0.29) is 17.4 Å². The topological polar surface area (TPSA) is 46.2 Å². The number of nitrogens with one attached hydrogen (secondary N) is 1. The van der Waals surface area contributed by atoms with Gasteiger partial charge in [-0.1, -0.05) is 34.6 Å². The van der Waals surface area contributed by atoms with Gasteiger partial charge in [-0.15, -0.1) is 11.3 Å². The normalized spacial score (nSPS) is 15.1. The van der Waals surface area contributed by atoms with E-state index >= 15 is 0 Å². The van der Waals surface area contributed by atoms with Gasteiger partial charge >= 0.3 is 0 Å². The Kier molecular flexibility index (Phi) is 4.62. The van der Waals surface area contributed by atoms with Crippen molar-refractivity contribution in [2.24, 2.45) is 5.92 Å². The third-order valence-corrected chi connectivity index (χ3v) is 6.49. The first-order valence-corrected chi connectivity index (χ1v) is 8.46. The highest BCUT2D eigenvalue weighted by Crippen LogP contribution is 2.31. The van der Waals surface area contributed by atoms with E-state index in [1.807, 2.05) is 26.8 Å². The van der Waals surface area contributed by atoms with E-state index in [4.69, 9.17) is 0 Å². The molecular formula is C13H23NO2S2. The summed E-state index contributed by atoms with van der Waals surface area (Å²) in [5, 5.41) is 0. The number of thiophene rings is 1. The molecule has 0 aromatic carbocycles. The van der Waals surface area contributed by atoms with E-state index in [1.54, 1.807) is 6.07 Å². The van der Waals surface area contributed by atoms with Crippen molar-refractivity contribution in [1.82, 2.24) is 4.72 Å². The summed E-state index contributed by atoms with van der Waals surface area (Å²) in [5.41, 5.74) is -0.0118. The van der Waals surface area contributed by atoms with Crippen molar-refractivity contribution in [2.75, 3.05) is 0 Å². The van der Waals surface area contributed by atoms with Crippen molar-refractivity contribution in [3.8, 4) is 0 Å². The third kappa shape index (κ3) is 3.80. The van der Waals surface area contributed by atoms with Gasteiger partial charge in [0.25, 0.3) is 0 Å². The van der Waals surface area contributed by atoms with Crippen molar-refractivity contribution in [3.05, 3.63) is 17.0 Å². The first kappa shape index (κ1) is 15.7. The van der Waals surface area contributed by atoms with Crippen LogP contribution in [0.1, 0.15) is 46.4 Å². The van der Waals surface area contributed by atoms with Crippen LogP contribution >= 0.6 is 11.3 Å². The van der Waals surface area contributed by atoms with Crippen LogP contribution in [-0.4, -0.2) is 14.5 Å². The van der Waals surface area contributed by atoms with Crippen LogP contribution in [0.2, 0.25) is 0 Å². The molecule has 0 amide bonds. The summed E-state index contributed by atoms with van der Waals surface area (Å²) < 4.78 is 27.5. The summed E-state index contributed by atoms with van der Waals surface area (Å²) in [6.07, 6.45) is 0. The summed E-state index contributed by atoms with van der Waals surface area (Å²) in [6.45, 7) is 12.1. The zero-order valence-corrected chi connectivity index (χ0v) is 13.6. The van der Waals surface area contributed by atoms with Crippen molar-refractivity contribution in [1.29, 1.82) is 0 Å². The largest absolute Gasteiger partial charge is 0.250 e. The lowest BCUT2D eigenvalue weighted by atomic mass is 9.95. The lowest BCUT2D eigenvalue weighted by Crippen LogP contribution is -2.35. The van der Waals surface area contributed by atoms with Crippen LogP contribution in [0, 0.1) is 5.92 Å². The molecule has 0 saturated carbocycles. The lowest BCUT2D eigenvalue weighted by Gasteiger charge is -2.17. The molecule has 0 radical (unpaired) electrons. The Hall–Kier alpha value is -0.390. The maximum atomic E-state index is 12.2. The minimum Gasteiger partial charge on any atom is -0.207 e. The fraction of sp³-hybridized carbons (Fsp3) is 0.692. The Morgan fingerprint density at radius 3 is 2.11 bits per heavy atom. The molecule has 0 aliphatic carbocycles. The smallest absolute Gasteiger partial charge is 0.207 e. The van der Waals surface area contributed by atoms with Crippen molar-refractivity contribution < 1.29 is 8.42 Å². The van der Waals surface area contributed by atoms with Crippen LogP contribution in [0.25, 0.3) is 0 Å². The number of hydrogen-bond donors (Lipinski definition) is 1. The van der Waals surface area contributed by atoms with Crippen LogP contribution in [0.15, 0.2) is 16.3 Å². The quantitative estimate of drug-likeness (QED) is 0.923. The minimum absolute atomic E-state index is 0.0118. The van der Waals surface area contributed by atoms with E-state index in [0.29, 0.717) is 4.21 Å². The summed E-state index contributed by atoms with van der Waals surface area (Å²) in [5.74, 6) is 0.279. The molecule has 5 heteroatoms. The highest BCUT2D eigenvalue weighted by Gasteiger charge is 2.24.